The minimum Gasteiger partial charge on any atom is -0.270 e. The highest BCUT2D eigenvalue weighted by atomic mass is 32.2. The largest absolute Gasteiger partial charge is 0.523 e. The Bertz CT molecular complexity index is 376. The minimum absolute atomic E-state index is 0.0335. The summed E-state index contributed by atoms with van der Waals surface area (Å²) in [5, 5.41) is 4.77. The third-order valence-electron chi connectivity index (χ3n) is 1.74. The van der Waals surface area contributed by atoms with Crippen LogP contribution in [0.2, 0.25) is 0 Å². The van der Waals surface area contributed by atoms with Gasteiger partial charge >= 0.3 is 15.6 Å². The van der Waals surface area contributed by atoms with Crippen molar-refractivity contribution in [2.45, 2.75) is 25.1 Å². The van der Waals surface area contributed by atoms with E-state index in [1.807, 2.05) is 0 Å². The lowest BCUT2D eigenvalue weighted by Gasteiger charge is -2.19. The molecule has 0 amide bonds. The van der Waals surface area contributed by atoms with E-state index in [2.05, 4.69) is 9.28 Å². The standard InChI is InChI=1S/C6H9F3N2O3S/c1-4-3-5(11(2)10-4)14-15(12,13)6(7,8)9/h5H,3H2,1-2H3. The molecule has 15 heavy (non-hydrogen) atoms. The van der Waals surface area contributed by atoms with Gasteiger partial charge in [0.2, 0.25) is 0 Å². The summed E-state index contributed by atoms with van der Waals surface area (Å²) < 4.78 is 61.1. The number of hydrogen-bond donors (Lipinski definition) is 0. The van der Waals surface area contributed by atoms with Crippen LogP contribution in [0.4, 0.5) is 13.2 Å². The highest BCUT2D eigenvalue weighted by Gasteiger charge is 2.49. The average molecular weight is 246 g/mol. The molecule has 0 bridgehead atoms. The van der Waals surface area contributed by atoms with Gasteiger partial charge in [0.25, 0.3) is 0 Å². The molecule has 1 unspecified atom stereocenters. The van der Waals surface area contributed by atoms with Crippen molar-refractivity contribution in [1.82, 2.24) is 5.01 Å². The number of hydrogen-bond acceptors (Lipinski definition) is 5. The summed E-state index contributed by atoms with van der Waals surface area (Å²) in [7, 11) is -4.21. The second-order valence-electron chi connectivity index (χ2n) is 3.06. The molecule has 1 aliphatic heterocycles. The number of alkyl halides is 3. The van der Waals surface area contributed by atoms with Crippen LogP contribution < -0.4 is 0 Å². The van der Waals surface area contributed by atoms with Crippen LogP contribution in [0.15, 0.2) is 5.10 Å². The molecule has 5 nitrogen and oxygen atoms in total. The summed E-state index contributed by atoms with van der Waals surface area (Å²) in [6.07, 6.45) is -1.18. The zero-order valence-corrected chi connectivity index (χ0v) is 8.76. The molecule has 0 aromatic rings. The first-order chi connectivity index (χ1) is 6.63. The molecule has 0 aromatic carbocycles. The average Bonchev–Trinajstić information content (AvgIpc) is 2.26. The van der Waals surface area contributed by atoms with E-state index in [4.69, 9.17) is 0 Å². The third-order valence-corrected chi connectivity index (χ3v) is 2.78. The first kappa shape index (κ1) is 12.2. The summed E-state index contributed by atoms with van der Waals surface area (Å²) in [5.41, 5.74) is -4.88. The second kappa shape index (κ2) is 3.63. The van der Waals surface area contributed by atoms with E-state index in [-0.39, 0.29) is 6.42 Å². The van der Waals surface area contributed by atoms with Gasteiger partial charge in [0.05, 0.1) is 0 Å². The lowest BCUT2D eigenvalue weighted by Crippen LogP contribution is -2.35. The van der Waals surface area contributed by atoms with E-state index < -0.39 is 21.9 Å². The van der Waals surface area contributed by atoms with Crippen molar-refractivity contribution in [2.75, 3.05) is 7.05 Å². The van der Waals surface area contributed by atoms with Crippen LogP contribution in [-0.4, -0.2) is 37.9 Å². The highest BCUT2D eigenvalue weighted by Crippen LogP contribution is 2.28. The third kappa shape index (κ3) is 2.59. The monoisotopic (exact) mass is 246 g/mol. The zero-order valence-electron chi connectivity index (χ0n) is 7.95. The van der Waals surface area contributed by atoms with Gasteiger partial charge in [-0.1, -0.05) is 0 Å². The molecular formula is C6H9F3N2O3S. The number of hydrazone groups is 1. The second-order valence-corrected chi connectivity index (χ2v) is 4.63. The Hall–Kier alpha value is -0.830. The van der Waals surface area contributed by atoms with Crippen LogP contribution in [-0.2, 0) is 14.3 Å². The van der Waals surface area contributed by atoms with Gasteiger partial charge in [0.1, 0.15) is 0 Å². The van der Waals surface area contributed by atoms with Crippen LogP contribution in [0.3, 0.4) is 0 Å². The molecule has 0 aromatic heterocycles. The predicted octanol–water partition coefficient (Wildman–Crippen LogP) is 0.890. The molecule has 0 N–H and O–H groups in total. The van der Waals surface area contributed by atoms with Crippen molar-refractivity contribution < 1.29 is 25.8 Å². The summed E-state index contributed by atoms with van der Waals surface area (Å²) in [6.45, 7) is 1.57. The van der Waals surface area contributed by atoms with E-state index in [9.17, 15) is 21.6 Å². The number of halogens is 3. The van der Waals surface area contributed by atoms with E-state index in [0.717, 1.165) is 5.01 Å². The van der Waals surface area contributed by atoms with Gasteiger partial charge in [0, 0.05) is 19.2 Å². The van der Waals surface area contributed by atoms with Gasteiger partial charge in [-0.05, 0) is 6.92 Å². The van der Waals surface area contributed by atoms with Crippen LogP contribution in [0.25, 0.3) is 0 Å². The van der Waals surface area contributed by atoms with Crippen molar-refractivity contribution in [3.05, 3.63) is 0 Å². The Morgan fingerprint density at radius 3 is 2.40 bits per heavy atom. The molecule has 1 aliphatic rings. The molecule has 9 heteroatoms. The maximum atomic E-state index is 11.9. The molecule has 1 heterocycles. The Morgan fingerprint density at radius 1 is 1.53 bits per heavy atom. The molecule has 0 aliphatic carbocycles. The van der Waals surface area contributed by atoms with Crippen molar-refractivity contribution in [2.24, 2.45) is 5.10 Å². The summed E-state index contributed by atoms with van der Waals surface area (Å²) in [4.78, 5) is 0. The van der Waals surface area contributed by atoms with Gasteiger partial charge in [0.15, 0.2) is 6.23 Å². The van der Waals surface area contributed by atoms with E-state index >= 15 is 0 Å². The van der Waals surface area contributed by atoms with Crippen LogP contribution in [0, 0.1) is 0 Å². The SMILES string of the molecule is CC1=NN(C)C(OS(=O)(=O)C(F)(F)F)C1. The molecule has 1 atom stereocenters. The summed E-state index contributed by atoms with van der Waals surface area (Å²) in [5.74, 6) is 0. The first-order valence-corrected chi connectivity index (χ1v) is 5.31. The van der Waals surface area contributed by atoms with Gasteiger partial charge in [-0.3, -0.25) is 5.01 Å². The fourth-order valence-corrected chi connectivity index (χ4v) is 1.65. The Morgan fingerprint density at radius 2 is 2.07 bits per heavy atom. The lowest BCUT2D eigenvalue weighted by molar-refractivity contribution is -0.0634. The van der Waals surface area contributed by atoms with Crippen molar-refractivity contribution in [3.8, 4) is 0 Å². The molecule has 0 fully saturated rings. The molecular weight excluding hydrogens is 237 g/mol. The lowest BCUT2D eigenvalue weighted by atomic mass is 10.3. The van der Waals surface area contributed by atoms with E-state index in [1.165, 1.54) is 7.05 Å². The molecule has 88 valence electrons. The summed E-state index contributed by atoms with van der Waals surface area (Å²) in [6, 6.07) is 0. The van der Waals surface area contributed by atoms with Gasteiger partial charge in [-0.15, -0.1) is 0 Å². The van der Waals surface area contributed by atoms with E-state index in [0.29, 0.717) is 5.71 Å². The highest BCUT2D eigenvalue weighted by molar-refractivity contribution is 7.87. The minimum atomic E-state index is -5.55. The van der Waals surface area contributed by atoms with Crippen LogP contribution in [0.5, 0.6) is 0 Å². The van der Waals surface area contributed by atoms with Gasteiger partial charge < -0.3 is 0 Å². The maximum Gasteiger partial charge on any atom is 0.523 e. The van der Waals surface area contributed by atoms with Crippen molar-refractivity contribution in [1.29, 1.82) is 0 Å². The smallest absolute Gasteiger partial charge is 0.270 e. The van der Waals surface area contributed by atoms with Crippen molar-refractivity contribution >= 4 is 15.8 Å². The van der Waals surface area contributed by atoms with Crippen LogP contribution >= 0.6 is 0 Å². The maximum absolute atomic E-state index is 11.9. The fraction of sp³-hybridized carbons (Fsp3) is 0.833. The normalized spacial score (nSPS) is 23.1. The Balaban J connectivity index is 2.74. The molecule has 0 spiro atoms. The first-order valence-electron chi connectivity index (χ1n) is 3.90. The topological polar surface area (TPSA) is 59.0 Å². The predicted molar refractivity (Wildman–Crippen MR) is 45.3 cm³/mol. The molecule has 0 saturated heterocycles. The Labute approximate surface area is 84.6 Å². The zero-order chi connectivity index (χ0) is 11.9. The molecule has 1 rings (SSSR count). The fourth-order valence-electron chi connectivity index (χ4n) is 1.06. The molecule has 0 saturated carbocycles. The number of nitrogens with zero attached hydrogens (tertiary/aromatic N) is 2. The van der Waals surface area contributed by atoms with Crippen LogP contribution in [0.1, 0.15) is 13.3 Å². The number of rotatable bonds is 2. The quantitative estimate of drug-likeness (QED) is 0.536. The van der Waals surface area contributed by atoms with E-state index in [1.54, 1.807) is 6.92 Å². The van der Waals surface area contributed by atoms with Gasteiger partial charge in [-0.25, -0.2) is 4.18 Å². The van der Waals surface area contributed by atoms with Crippen molar-refractivity contribution in [3.63, 3.8) is 0 Å². The summed E-state index contributed by atoms with van der Waals surface area (Å²) >= 11 is 0. The van der Waals surface area contributed by atoms with Gasteiger partial charge in [-0.2, -0.15) is 26.7 Å². The Kier molecular flexibility index (Phi) is 2.97. The molecule has 0 radical (unpaired) electrons.